The number of amides is 1. The Morgan fingerprint density at radius 3 is 2.62 bits per heavy atom. The third kappa shape index (κ3) is 3.73. The summed E-state index contributed by atoms with van der Waals surface area (Å²) in [6.07, 6.45) is 0.642. The van der Waals surface area contributed by atoms with Gasteiger partial charge in [-0.25, -0.2) is 0 Å². The minimum absolute atomic E-state index is 0.197. The Bertz CT molecular complexity index is 835. The van der Waals surface area contributed by atoms with Crippen molar-refractivity contribution >= 4 is 17.5 Å². The Morgan fingerprint density at radius 1 is 1.19 bits per heavy atom. The van der Waals surface area contributed by atoms with Crippen molar-refractivity contribution in [3.8, 4) is 17.2 Å². The van der Waals surface area contributed by atoms with E-state index in [9.17, 15) is 4.79 Å². The molecule has 0 unspecified atom stereocenters. The highest BCUT2D eigenvalue weighted by molar-refractivity contribution is 6.32. The second-order valence-electron chi connectivity index (χ2n) is 6.85. The van der Waals surface area contributed by atoms with Crippen molar-refractivity contribution in [1.82, 2.24) is 5.32 Å². The van der Waals surface area contributed by atoms with Gasteiger partial charge in [0.15, 0.2) is 0 Å². The maximum atomic E-state index is 12.8. The van der Waals surface area contributed by atoms with Crippen LogP contribution in [-0.4, -0.2) is 25.7 Å². The zero-order valence-corrected chi connectivity index (χ0v) is 16.0. The van der Waals surface area contributed by atoms with Gasteiger partial charge in [0.2, 0.25) is 0 Å². The van der Waals surface area contributed by atoms with E-state index in [2.05, 4.69) is 5.32 Å². The van der Waals surface area contributed by atoms with Crippen LogP contribution < -0.4 is 19.5 Å². The van der Waals surface area contributed by atoms with Crippen LogP contribution in [0, 0.1) is 0 Å². The number of benzene rings is 2. The molecule has 5 nitrogen and oxygen atoms in total. The second kappa shape index (κ2) is 7.08. The van der Waals surface area contributed by atoms with E-state index in [0.29, 0.717) is 22.8 Å². The van der Waals surface area contributed by atoms with Gasteiger partial charge in [-0.15, -0.1) is 0 Å². The summed E-state index contributed by atoms with van der Waals surface area (Å²) < 4.78 is 16.5. The molecule has 0 saturated carbocycles. The van der Waals surface area contributed by atoms with Crippen LogP contribution in [0.15, 0.2) is 36.4 Å². The molecule has 1 atom stereocenters. The zero-order valence-electron chi connectivity index (χ0n) is 15.3. The lowest BCUT2D eigenvalue weighted by Crippen LogP contribution is -2.41. The molecule has 0 aliphatic carbocycles. The predicted octanol–water partition coefficient (Wildman–Crippen LogP) is 4.39. The van der Waals surface area contributed by atoms with Crippen LogP contribution in [-0.2, 0) is 0 Å². The van der Waals surface area contributed by atoms with Crippen molar-refractivity contribution in [3.05, 3.63) is 52.5 Å². The fraction of sp³-hybridized carbons (Fsp3) is 0.350. The standard InChI is InChI=1S/C20H22ClNO4/c1-20(2)11-16(14-10-13(24-3)6-8-17(14)26-20)22-19(23)12-5-7-18(25-4)15(21)9-12/h5-10,16H,11H2,1-4H3,(H,22,23)/t16-/m1/s1. The molecule has 6 heteroatoms. The summed E-state index contributed by atoms with van der Waals surface area (Å²) in [4.78, 5) is 12.8. The first-order chi connectivity index (χ1) is 12.3. The minimum atomic E-state index is -0.392. The zero-order chi connectivity index (χ0) is 18.9. The summed E-state index contributed by atoms with van der Waals surface area (Å²) in [6, 6.07) is 10.4. The molecular formula is C20H22ClNO4. The van der Waals surface area contributed by atoms with Crippen molar-refractivity contribution in [2.75, 3.05) is 14.2 Å². The Balaban J connectivity index is 1.89. The number of rotatable bonds is 4. The van der Waals surface area contributed by atoms with Gasteiger partial charge in [-0.3, -0.25) is 4.79 Å². The SMILES string of the molecule is COc1ccc2c(c1)[C@H](NC(=O)c1ccc(OC)c(Cl)c1)CC(C)(C)O2. The molecule has 0 fully saturated rings. The lowest BCUT2D eigenvalue weighted by molar-refractivity contribution is 0.0618. The number of halogens is 1. The normalized spacial score (nSPS) is 17.7. The van der Waals surface area contributed by atoms with E-state index in [1.165, 1.54) is 7.11 Å². The van der Waals surface area contributed by atoms with Crippen molar-refractivity contribution in [2.45, 2.75) is 31.9 Å². The molecule has 0 spiro atoms. The Hall–Kier alpha value is -2.40. The van der Waals surface area contributed by atoms with Gasteiger partial charge >= 0.3 is 0 Å². The highest BCUT2D eigenvalue weighted by Crippen LogP contribution is 2.41. The quantitative estimate of drug-likeness (QED) is 0.861. The topological polar surface area (TPSA) is 56.8 Å². The van der Waals surface area contributed by atoms with Gasteiger partial charge in [-0.05, 0) is 50.2 Å². The van der Waals surface area contributed by atoms with Crippen molar-refractivity contribution in [1.29, 1.82) is 0 Å². The van der Waals surface area contributed by atoms with Crippen molar-refractivity contribution < 1.29 is 19.0 Å². The van der Waals surface area contributed by atoms with Gasteiger partial charge in [0.1, 0.15) is 22.8 Å². The molecule has 26 heavy (non-hydrogen) atoms. The smallest absolute Gasteiger partial charge is 0.251 e. The summed E-state index contributed by atoms with van der Waals surface area (Å²) in [5.41, 5.74) is 0.984. The van der Waals surface area contributed by atoms with Gasteiger partial charge < -0.3 is 19.5 Å². The molecule has 1 N–H and O–H groups in total. The minimum Gasteiger partial charge on any atom is -0.497 e. The fourth-order valence-corrected chi connectivity index (χ4v) is 3.40. The number of fused-ring (bicyclic) bond motifs is 1. The Kier molecular flexibility index (Phi) is 5.01. The first kappa shape index (κ1) is 18.4. The van der Waals surface area contributed by atoms with Crippen LogP contribution in [0.4, 0.5) is 0 Å². The molecule has 2 aromatic rings. The summed E-state index contributed by atoms with van der Waals surface area (Å²) in [7, 11) is 3.15. The number of ether oxygens (including phenoxy) is 3. The average molecular weight is 376 g/mol. The van der Waals surface area contributed by atoms with E-state index in [4.69, 9.17) is 25.8 Å². The summed E-state index contributed by atoms with van der Waals surface area (Å²) in [5.74, 6) is 1.80. The van der Waals surface area contributed by atoms with E-state index in [0.717, 1.165) is 17.1 Å². The summed E-state index contributed by atoms with van der Waals surface area (Å²) in [5, 5.41) is 3.49. The number of methoxy groups -OCH3 is 2. The Labute approximate surface area is 158 Å². The molecule has 1 amide bonds. The second-order valence-corrected chi connectivity index (χ2v) is 7.25. The molecular weight excluding hydrogens is 354 g/mol. The number of carbonyl (C=O) groups excluding carboxylic acids is 1. The monoisotopic (exact) mass is 375 g/mol. The molecule has 0 radical (unpaired) electrons. The third-order valence-electron chi connectivity index (χ3n) is 4.39. The lowest BCUT2D eigenvalue weighted by atomic mass is 9.89. The van der Waals surface area contributed by atoms with Crippen LogP contribution >= 0.6 is 11.6 Å². The van der Waals surface area contributed by atoms with Crippen molar-refractivity contribution in [2.24, 2.45) is 0 Å². The summed E-state index contributed by atoms with van der Waals surface area (Å²) >= 11 is 6.14. The maximum Gasteiger partial charge on any atom is 0.251 e. The number of carbonyl (C=O) groups is 1. The van der Waals surface area contributed by atoms with E-state index in [1.807, 2.05) is 32.0 Å². The molecule has 1 aliphatic rings. The molecule has 0 aromatic heterocycles. The van der Waals surface area contributed by atoms with E-state index in [1.54, 1.807) is 25.3 Å². The number of nitrogens with one attached hydrogen (secondary N) is 1. The molecule has 0 saturated heterocycles. The third-order valence-corrected chi connectivity index (χ3v) is 4.69. The van der Waals surface area contributed by atoms with Crippen LogP contribution in [0.5, 0.6) is 17.2 Å². The van der Waals surface area contributed by atoms with Gasteiger partial charge in [0, 0.05) is 17.5 Å². The summed E-state index contributed by atoms with van der Waals surface area (Å²) in [6.45, 7) is 4.01. The molecule has 0 bridgehead atoms. The first-order valence-electron chi connectivity index (χ1n) is 8.34. The van der Waals surface area contributed by atoms with Crippen LogP contribution in [0.2, 0.25) is 5.02 Å². The highest BCUT2D eigenvalue weighted by atomic mass is 35.5. The van der Waals surface area contributed by atoms with E-state index in [-0.39, 0.29) is 11.9 Å². The fourth-order valence-electron chi connectivity index (χ4n) is 3.14. The average Bonchev–Trinajstić information content (AvgIpc) is 2.60. The highest BCUT2D eigenvalue weighted by Gasteiger charge is 2.35. The van der Waals surface area contributed by atoms with Gasteiger partial charge in [-0.1, -0.05) is 11.6 Å². The lowest BCUT2D eigenvalue weighted by Gasteiger charge is -2.38. The molecule has 1 aliphatic heterocycles. The van der Waals surface area contributed by atoms with E-state index >= 15 is 0 Å². The van der Waals surface area contributed by atoms with Crippen LogP contribution in [0.25, 0.3) is 0 Å². The Morgan fingerprint density at radius 2 is 1.96 bits per heavy atom. The maximum absolute atomic E-state index is 12.8. The predicted molar refractivity (Wildman–Crippen MR) is 101 cm³/mol. The largest absolute Gasteiger partial charge is 0.497 e. The first-order valence-corrected chi connectivity index (χ1v) is 8.72. The molecule has 1 heterocycles. The van der Waals surface area contributed by atoms with Crippen LogP contribution in [0.3, 0.4) is 0 Å². The molecule has 3 rings (SSSR count). The van der Waals surface area contributed by atoms with Crippen LogP contribution in [0.1, 0.15) is 42.2 Å². The van der Waals surface area contributed by atoms with Crippen molar-refractivity contribution in [3.63, 3.8) is 0 Å². The van der Waals surface area contributed by atoms with E-state index < -0.39 is 5.60 Å². The number of hydrogen-bond acceptors (Lipinski definition) is 4. The van der Waals surface area contributed by atoms with Gasteiger partial charge in [0.25, 0.3) is 5.91 Å². The molecule has 2 aromatic carbocycles. The molecule has 138 valence electrons. The van der Waals surface area contributed by atoms with Gasteiger partial charge in [-0.2, -0.15) is 0 Å². The number of hydrogen-bond donors (Lipinski definition) is 1. The van der Waals surface area contributed by atoms with Gasteiger partial charge in [0.05, 0.1) is 25.3 Å².